The molecular formula is C13H18FNO2. The molecule has 1 aromatic rings. The number of ether oxygens (including phenoxy) is 1. The van der Waals surface area contributed by atoms with Crippen molar-refractivity contribution in [3.05, 3.63) is 35.1 Å². The predicted molar refractivity (Wildman–Crippen MR) is 64.3 cm³/mol. The molecule has 0 fully saturated rings. The van der Waals surface area contributed by atoms with Gasteiger partial charge in [-0.1, -0.05) is 6.07 Å². The van der Waals surface area contributed by atoms with Crippen molar-refractivity contribution in [3.8, 4) is 0 Å². The molecule has 94 valence electrons. The van der Waals surface area contributed by atoms with Gasteiger partial charge in [-0.3, -0.25) is 0 Å². The zero-order valence-electron chi connectivity index (χ0n) is 10.6. The van der Waals surface area contributed by atoms with E-state index in [2.05, 4.69) is 10.1 Å². The van der Waals surface area contributed by atoms with Crippen LogP contribution in [0.5, 0.6) is 0 Å². The number of hydrogen-bond donors (Lipinski definition) is 1. The molecular weight excluding hydrogens is 221 g/mol. The van der Waals surface area contributed by atoms with Crippen molar-refractivity contribution >= 4 is 5.97 Å². The Bertz CT molecular complexity index is 410. The average Bonchev–Trinajstić information content (AvgIpc) is 2.24. The molecule has 17 heavy (non-hydrogen) atoms. The monoisotopic (exact) mass is 239 g/mol. The largest absolute Gasteiger partial charge is 0.465 e. The molecule has 0 unspecified atom stereocenters. The molecule has 0 heterocycles. The molecule has 0 amide bonds. The molecule has 0 spiro atoms. The highest BCUT2D eigenvalue weighted by atomic mass is 19.1. The Morgan fingerprint density at radius 3 is 2.53 bits per heavy atom. The number of nitrogens with one attached hydrogen (secondary N) is 1. The SMILES string of the molecule is COC(=O)c1ccc(CNC(C)(C)C)cc1F. The van der Waals surface area contributed by atoms with Gasteiger partial charge < -0.3 is 10.1 Å². The van der Waals surface area contributed by atoms with Crippen LogP contribution in [0.3, 0.4) is 0 Å². The van der Waals surface area contributed by atoms with E-state index >= 15 is 0 Å². The highest BCUT2D eigenvalue weighted by Gasteiger charge is 2.13. The van der Waals surface area contributed by atoms with Crippen LogP contribution in [0.4, 0.5) is 4.39 Å². The first-order chi connectivity index (χ1) is 7.83. The second kappa shape index (κ2) is 5.27. The fourth-order valence-corrected chi connectivity index (χ4v) is 1.31. The quantitative estimate of drug-likeness (QED) is 0.824. The van der Waals surface area contributed by atoms with Gasteiger partial charge in [-0.15, -0.1) is 0 Å². The Morgan fingerprint density at radius 2 is 2.06 bits per heavy atom. The number of carbonyl (C=O) groups excluding carboxylic acids is 1. The molecule has 0 bridgehead atoms. The lowest BCUT2D eigenvalue weighted by molar-refractivity contribution is 0.0595. The van der Waals surface area contributed by atoms with Crippen molar-refractivity contribution in [2.24, 2.45) is 0 Å². The number of halogens is 1. The van der Waals surface area contributed by atoms with Gasteiger partial charge >= 0.3 is 5.97 Å². The van der Waals surface area contributed by atoms with Gasteiger partial charge in [0, 0.05) is 12.1 Å². The second-order valence-corrected chi connectivity index (χ2v) is 4.91. The zero-order valence-corrected chi connectivity index (χ0v) is 10.6. The summed E-state index contributed by atoms with van der Waals surface area (Å²) in [5.41, 5.74) is 0.731. The summed E-state index contributed by atoms with van der Waals surface area (Å²) in [5, 5.41) is 3.25. The van der Waals surface area contributed by atoms with E-state index in [1.165, 1.54) is 19.2 Å². The van der Waals surface area contributed by atoms with Crippen molar-refractivity contribution < 1.29 is 13.9 Å². The molecule has 0 saturated heterocycles. The summed E-state index contributed by atoms with van der Waals surface area (Å²) in [6.07, 6.45) is 0. The summed E-state index contributed by atoms with van der Waals surface area (Å²) in [4.78, 5) is 11.2. The van der Waals surface area contributed by atoms with Gasteiger partial charge in [0.15, 0.2) is 0 Å². The van der Waals surface area contributed by atoms with Crippen LogP contribution in [0.15, 0.2) is 18.2 Å². The lowest BCUT2D eigenvalue weighted by Gasteiger charge is -2.20. The van der Waals surface area contributed by atoms with Crippen LogP contribution in [-0.2, 0) is 11.3 Å². The third-order valence-electron chi connectivity index (χ3n) is 2.26. The standard InChI is InChI=1S/C13H18FNO2/c1-13(2,3)15-8-9-5-6-10(11(14)7-9)12(16)17-4/h5-7,15H,8H2,1-4H3. The van der Waals surface area contributed by atoms with Crippen molar-refractivity contribution in [1.82, 2.24) is 5.32 Å². The molecule has 1 rings (SSSR count). The first-order valence-corrected chi connectivity index (χ1v) is 5.45. The number of rotatable bonds is 3. The summed E-state index contributed by atoms with van der Waals surface area (Å²) in [5.74, 6) is -1.21. The lowest BCUT2D eigenvalue weighted by atomic mass is 10.1. The fourth-order valence-electron chi connectivity index (χ4n) is 1.31. The maximum atomic E-state index is 13.6. The van der Waals surface area contributed by atoms with E-state index in [0.29, 0.717) is 6.54 Å². The van der Waals surface area contributed by atoms with E-state index in [9.17, 15) is 9.18 Å². The van der Waals surface area contributed by atoms with Gasteiger partial charge in [-0.2, -0.15) is 0 Å². The molecule has 4 heteroatoms. The predicted octanol–water partition coefficient (Wildman–Crippen LogP) is 2.50. The minimum Gasteiger partial charge on any atom is -0.465 e. The average molecular weight is 239 g/mol. The van der Waals surface area contributed by atoms with Crippen molar-refractivity contribution in [3.63, 3.8) is 0 Å². The Balaban J connectivity index is 2.79. The third-order valence-corrected chi connectivity index (χ3v) is 2.26. The topological polar surface area (TPSA) is 38.3 Å². The number of benzene rings is 1. The van der Waals surface area contributed by atoms with E-state index in [1.54, 1.807) is 6.07 Å². The molecule has 0 aliphatic rings. The maximum Gasteiger partial charge on any atom is 0.340 e. The smallest absolute Gasteiger partial charge is 0.340 e. The lowest BCUT2D eigenvalue weighted by Crippen LogP contribution is -2.35. The highest BCUT2D eigenvalue weighted by Crippen LogP contribution is 2.12. The van der Waals surface area contributed by atoms with E-state index < -0.39 is 11.8 Å². The Labute approximate surface area is 101 Å². The van der Waals surface area contributed by atoms with Crippen LogP contribution in [0.1, 0.15) is 36.7 Å². The van der Waals surface area contributed by atoms with Gasteiger partial charge in [0.2, 0.25) is 0 Å². The zero-order chi connectivity index (χ0) is 13.1. The minimum atomic E-state index is -0.655. The first-order valence-electron chi connectivity index (χ1n) is 5.45. The number of carbonyl (C=O) groups is 1. The fraction of sp³-hybridized carbons (Fsp3) is 0.462. The van der Waals surface area contributed by atoms with Crippen LogP contribution in [0, 0.1) is 5.82 Å². The van der Waals surface area contributed by atoms with Gasteiger partial charge in [-0.05, 0) is 38.5 Å². The van der Waals surface area contributed by atoms with E-state index in [4.69, 9.17) is 0 Å². The van der Waals surface area contributed by atoms with E-state index in [1.807, 2.05) is 20.8 Å². The number of hydrogen-bond acceptors (Lipinski definition) is 3. The molecule has 0 saturated carbocycles. The van der Waals surface area contributed by atoms with Gasteiger partial charge in [0.25, 0.3) is 0 Å². The van der Waals surface area contributed by atoms with E-state index in [0.717, 1.165) is 5.56 Å². The van der Waals surface area contributed by atoms with Crippen LogP contribution in [0.25, 0.3) is 0 Å². The second-order valence-electron chi connectivity index (χ2n) is 4.91. The van der Waals surface area contributed by atoms with Crippen LogP contribution < -0.4 is 5.32 Å². The van der Waals surface area contributed by atoms with Crippen molar-refractivity contribution in [1.29, 1.82) is 0 Å². The third kappa shape index (κ3) is 4.15. The van der Waals surface area contributed by atoms with Crippen LogP contribution in [-0.4, -0.2) is 18.6 Å². The normalized spacial score (nSPS) is 11.4. The van der Waals surface area contributed by atoms with Gasteiger partial charge in [0.05, 0.1) is 12.7 Å². The molecule has 0 aliphatic carbocycles. The molecule has 0 radical (unpaired) electrons. The Hall–Kier alpha value is -1.42. The summed E-state index contributed by atoms with van der Waals surface area (Å²) in [7, 11) is 1.23. The van der Waals surface area contributed by atoms with E-state index in [-0.39, 0.29) is 11.1 Å². The van der Waals surface area contributed by atoms with Crippen LogP contribution in [0.2, 0.25) is 0 Å². The summed E-state index contributed by atoms with van der Waals surface area (Å²) in [6, 6.07) is 4.51. The van der Waals surface area contributed by atoms with Gasteiger partial charge in [-0.25, -0.2) is 9.18 Å². The number of esters is 1. The number of methoxy groups -OCH3 is 1. The molecule has 1 aromatic carbocycles. The molecule has 0 aromatic heterocycles. The molecule has 3 nitrogen and oxygen atoms in total. The minimum absolute atomic E-state index is 0.0303. The highest BCUT2D eigenvalue weighted by molar-refractivity contribution is 5.89. The Morgan fingerprint density at radius 1 is 1.41 bits per heavy atom. The molecule has 0 aliphatic heterocycles. The Kier molecular flexibility index (Phi) is 4.23. The van der Waals surface area contributed by atoms with Crippen molar-refractivity contribution in [2.75, 3.05) is 7.11 Å². The first kappa shape index (κ1) is 13.6. The summed E-state index contributed by atoms with van der Waals surface area (Å²) in [6.45, 7) is 6.66. The maximum absolute atomic E-state index is 13.6. The molecule has 0 atom stereocenters. The summed E-state index contributed by atoms with van der Waals surface area (Å²) < 4.78 is 18.1. The van der Waals surface area contributed by atoms with Gasteiger partial charge in [0.1, 0.15) is 5.82 Å². The van der Waals surface area contributed by atoms with Crippen molar-refractivity contribution in [2.45, 2.75) is 32.9 Å². The van der Waals surface area contributed by atoms with Crippen LogP contribution >= 0.6 is 0 Å². The molecule has 1 N–H and O–H groups in total. The summed E-state index contributed by atoms with van der Waals surface area (Å²) >= 11 is 0.